The molecule has 0 aliphatic heterocycles. The maximum atomic E-state index is 12.7. The van der Waals surface area contributed by atoms with Gasteiger partial charge in [-0.1, -0.05) is 12.1 Å². The number of carbonyl (C=O) groups excluding carboxylic acids is 2. The maximum Gasteiger partial charge on any atom is 0.263 e. The van der Waals surface area contributed by atoms with Gasteiger partial charge in [0.2, 0.25) is 11.8 Å². The molecule has 0 bridgehead atoms. The number of nitrogens with two attached hydrogens (primary N) is 1. The molecule has 0 radical (unpaired) electrons. The molecule has 8 heteroatoms. The summed E-state index contributed by atoms with van der Waals surface area (Å²) in [5.74, 6) is -0.357. The summed E-state index contributed by atoms with van der Waals surface area (Å²) in [5, 5.41) is 2.75. The normalized spacial score (nSPS) is 10.6. The Morgan fingerprint density at radius 3 is 2.56 bits per heavy atom. The SMILES string of the molecule is CC(C)n1ccnc1NC(=O)c1cccnc1Oc1ccccc1C(N)=O. The Morgan fingerprint density at radius 1 is 1.07 bits per heavy atom. The van der Waals surface area contributed by atoms with Gasteiger partial charge in [0, 0.05) is 24.6 Å². The summed E-state index contributed by atoms with van der Waals surface area (Å²) in [6, 6.07) is 9.83. The van der Waals surface area contributed by atoms with Crippen molar-refractivity contribution in [1.82, 2.24) is 14.5 Å². The summed E-state index contributed by atoms with van der Waals surface area (Å²) in [6.07, 6.45) is 4.89. The molecule has 0 atom stereocenters. The molecule has 0 saturated heterocycles. The van der Waals surface area contributed by atoms with E-state index >= 15 is 0 Å². The Kier molecular flexibility index (Phi) is 5.16. The first-order valence-electron chi connectivity index (χ1n) is 8.33. The van der Waals surface area contributed by atoms with Crippen LogP contribution < -0.4 is 15.8 Å². The van der Waals surface area contributed by atoms with Gasteiger partial charge in [-0.3, -0.25) is 14.9 Å². The van der Waals surface area contributed by atoms with Crippen molar-refractivity contribution in [2.45, 2.75) is 19.9 Å². The van der Waals surface area contributed by atoms with Crippen LogP contribution in [-0.2, 0) is 0 Å². The Morgan fingerprint density at radius 2 is 1.81 bits per heavy atom. The van der Waals surface area contributed by atoms with Crippen LogP contribution in [-0.4, -0.2) is 26.3 Å². The van der Waals surface area contributed by atoms with Crippen molar-refractivity contribution >= 4 is 17.8 Å². The van der Waals surface area contributed by atoms with Gasteiger partial charge in [-0.2, -0.15) is 0 Å². The molecule has 3 aromatic rings. The van der Waals surface area contributed by atoms with Crippen molar-refractivity contribution in [2.24, 2.45) is 5.73 Å². The highest BCUT2D eigenvalue weighted by Gasteiger charge is 2.19. The van der Waals surface area contributed by atoms with Gasteiger partial charge in [0.25, 0.3) is 11.8 Å². The minimum Gasteiger partial charge on any atom is -0.437 e. The number of hydrogen-bond donors (Lipinski definition) is 2. The van der Waals surface area contributed by atoms with Crippen LogP contribution in [0.4, 0.5) is 5.95 Å². The summed E-state index contributed by atoms with van der Waals surface area (Å²) >= 11 is 0. The lowest BCUT2D eigenvalue weighted by molar-refractivity contribution is 0.0997. The van der Waals surface area contributed by atoms with E-state index in [9.17, 15) is 9.59 Å². The molecular formula is C19H19N5O3. The number of primary amides is 1. The molecule has 1 aromatic carbocycles. The van der Waals surface area contributed by atoms with Crippen LogP contribution in [0.2, 0.25) is 0 Å². The van der Waals surface area contributed by atoms with E-state index in [1.165, 1.54) is 6.20 Å². The fraction of sp³-hybridized carbons (Fsp3) is 0.158. The van der Waals surface area contributed by atoms with Crippen LogP contribution >= 0.6 is 0 Å². The van der Waals surface area contributed by atoms with E-state index in [2.05, 4.69) is 15.3 Å². The van der Waals surface area contributed by atoms with Crippen LogP contribution in [0.25, 0.3) is 0 Å². The number of para-hydroxylation sites is 1. The lowest BCUT2D eigenvalue weighted by Crippen LogP contribution is -2.18. The highest BCUT2D eigenvalue weighted by molar-refractivity contribution is 6.05. The number of anilines is 1. The minimum absolute atomic E-state index is 0.0614. The zero-order chi connectivity index (χ0) is 19.4. The van der Waals surface area contributed by atoms with Crippen molar-refractivity contribution in [1.29, 1.82) is 0 Å². The average Bonchev–Trinajstić information content (AvgIpc) is 3.11. The van der Waals surface area contributed by atoms with Crippen molar-refractivity contribution in [2.75, 3.05) is 5.32 Å². The molecule has 27 heavy (non-hydrogen) atoms. The number of pyridine rings is 1. The molecule has 0 fully saturated rings. The van der Waals surface area contributed by atoms with Crippen LogP contribution in [0.1, 0.15) is 40.6 Å². The van der Waals surface area contributed by atoms with Crippen molar-refractivity contribution in [3.63, 3.8) is 0 Å². The first kappa shape index (κ1) is 18.1. The standard InChI is InChI=1S/C19H19N5O3/c1-12(2)24-11-10-22-19(24)23-17(26)14-7-5-9-21-18(14)27-15-8-4-3-6-13(15)16(20)25/h3-12H,1-2H3,(H2,20,25)(H,22,23,26). The number of amides is 2. The third-order valence-electron chi connectivity index (χ3n) is 3.83. The molecule has 2 amide bonds. The molecule has 8 nitrogen and oxygen atoms in total. The van der Waals surface area contributed by atoms with E-state index in [1.807, 2.05) is 18.4 Å². The lowest BCUT2D eigenvalue weighted by atomic mass is 10.2. The molecule has 0 aliphatic carbocycles. The third kappa shape index (κ3) is 3.95. The van der Waals surface area contributed by atoms with E-state index in [-0.39, 0.29) is 28.8 Å². The van der Waals surface area contributed by atoms with Gasteiger partial charge in [-0.25, -0.2) is 9.97 Å². The van der Waals surface area contributed by atoms with Crippen LogP contribution in [0.15, 0.2) is 55.0 Å². The van der Waals surface area contributed by atoms with E-state index in [0.717, 1.165) is 0 Å². The van der Waals surface area contributed by atoms with E-state index in [0.29, 0.717) is 5.95 Å². The molecule has 2 aromatic heterocycles. The van der Waals surface area contributed by atoms with Gasteiger partial charge in [-0.05, 0) is 38.1 Å². The van der Waals surface area contributed by atoms with Gasteiger partial charge in [-0.15, -0.1) is 0 Å². The Balaban J connectivity index is 1.89. The Labute approximate surface area is 156 Å². The fourth-order valence-corrected chi connectivity index (χ4v) is 2.50. The van der Waals surface area contributed by atoms with Gasteiger partial charge in [0.1, 0.15) is 11.3 Å². The average molecular weight is 365 g/mol. The van der Waals surface area contributed by atoms with E-state index in [4.69, 9.17) is 10.5 Å². The smallest absolute Gasteiger partial charge is 0.263 e. The second-order valence-corrected chi connectivity index (χ2v) is 6.02. The van der Waals surface area contributed by atoms with Gasteiger partial charge >= 0.3 is 0 Å². The zero-order valence-corrected chi connectivity index (χ0v) is 14.9. The van der Waals surface area contributed by atoms with Crippen molar-refractivity contribution in [3.8, 4) is 11.6 Å². The summed E-state index contributed by atoms with van der Waals surface area (Å²) in [6.45, 7) is 3.97. The van der Waals surface area contributed by atoms with Crippen LogP contribution in [0.5, 0.6) is 11.6 Å². The highest BCUT2D eigenvalue weighted by Crippen LogP contribution is 2.26. The minimum atomic E-state index is -0.633. The van der Waals surface area contributed by atoms with Crippen molar-refractivity contribution < 1.29 is 14.3 Å². The van der Waals surface area contributed by atoms with Gasteiger partial charge in [0.15, 0.2) is 0 Å². The number of imidazole rings is 1. The zero-order valence-electron chi connectivity index (χ0n) is 14.9. The van der Waals surface area contributed by atoms with E-state index < -0.39 is 11.8 Å². The molecule has 0 spiro atoms. The first-order chi connectivity index (χ1) is 13.0. The Bertz CT molecular complexity index is 981. The number of nitrogens with one attached hydrogen (secondary N) is 1. The van der Waals surface area contributed by atoms with Gasteiger partial charge in [0.05, 0.1) is 5.56 Å². The first-order valence-corrected chi connectivity index (χ1v) is 8.33. The molecule has 3 rings (SSSR count). The molecule has 0 unspecified atom stereocenters. The number of aromatic nitrogens is 3. The Hall–Kier alpha value is -3.68. The topological polar surface area (TPSA) is 112 Å². The molecule has 3 N–H and O–H groups in total. The van der Waals surface area contributed by atoms with Crippen molar-refractivity contribution in [3.05, 3.63) is 66.1 Å². The molecule has 0 aliphatic rings. The highest BCUT2D eigenvalue weighted by atomic mass is 16.5. The second kappa shape index (κ2) is 7.69. The molecular weight excluding hydrogens is 346 g/mol. The summed E-state index contributed by atoms with van der Waals surface area (Å²) < 4.78 is 7.55. The number of nitrogens with zero attached hydrogens (tertiary/aromatic N) is 3. The quantitative estimate of drug-likeness (QED) is 0.697. The fourth-order valence-electron chi connectivity index (χ4n) is 2.50. The second-order valence-electron chi connectivity index (χ2n) is 6.02. The third-order valence-corrected chi connectivity index (χ3v) is 3.83. The van der Waals surface area contributed by atoms with Crippen LogP contribution in [0.3, 0.4) is 0 Å². The summed E-state index contributed by atoms with van der Waals surface area (Å²) in [5.41, 5.74) is 5.77. The predicted octanol–water partition coefficient (Wildman–Crippen LogP) is 3.00. The maximum absolute atomic E-state index is 12.7. The number of ether oxygens (including phenoxy) is 1. The largest absolute Gasteiger partial charge is 0.437 e. The molecule has 2 heterocycles. The van der Waals surface area contributed by atoms with E-state index in [1.54, 1.807) is 48.8 Å². The number of rotatable bonds is 6. The number of hydrogen-bond acceptors (Lipinski definition) is 5. The summed E-state index contributed by atoms with van der Waals surface area (Å²) in [4.78, 5) is 32.6. The summed E-state index contributed by atoms with van der Waals surface area (Å²) in [7, 11) is 0. The monoisotopic (exact) mass is 365 g/mol. The lowest BCUT2D eigenvalue weighted by Gasteiger charge is -2.14. The predicted molar refractivity (Wildman–Crippen MR) is 99.8 cm³/mol. The number of carbonyl (C=O) groups is 2. The van der Waals surface area contributed by atoms with Crippen LogP contribution in [0, 0.1) is 0 Å². The molecule has 138 valence electrons. The number of benzene rings is 1. The molecule has 0 saturated carbocycles. The van der Waals surface area contributed by atoms with Gasteiger partial charge < -0.3 is 15.0 Å².